The SMILES string of the molecule is Nc1cncc(Br)c1N1CC(O)CC1=O. The minimum absolute atomic E-state index is 0.124. The number of halogens is 1. The number of amides is 1. The fourth-order valence-corrected chi connectivity index (χ4v) is 2.19. The molecule has 5 nitrogen and oxygen atoms in total. The van der Waals surface area contributed by atoms with Gasteiger partial charge in [-0.25, -0.2) is 0 Å². The van der Waals surface area contributed by atoms with E-state index < -0.39 is 6.10 Å². The maximum atomic E-state index is 11.6. The lowest BCUT2D eigenvalue weighted by Crippen LogP contribution is -2.26. The Morgan fingerprint density at radius 1 is 1.60 bits per heavy atom. The molecule has 1 unspecified atom stereocenters. The Bertz CT molecular complexity index is 390. The number of hydrogen-bond donors (Lipinski definition) is 2. The van der Waals surface area contributed by atoms with Crippen molar-refractivity contribution in [2.75, 3.05) is 17.2 Å². The van der Waals surface area contributed by atoms with Gasteiger partial charge in [0.2, 0.25) is 5.91 Å². The Morgan fingerprint density at radius 2 is 2.33 bits per heavy atom. The highest BCUT2D eigenvalue weighted by Gasteiger charge is 2.31. The van der Waals surface area contributed by atoms with Crippen molar-refractivity contribution < 1.29 is 9.90 Å². The van der Waals surface area contributed by atoms with E-state index in [2.05, 4.69) is 20.9 Å². The number of aromatic nitrogens is 1. The number of aliphatic hydroxyl groups is 1. The highest BCUT2D eigenvalue weighted by molar-refractivity contribution is 9.10. The number of β-amino-alcohol motifs (C(OH)–C–C–N with tert-alkyl or cyclic N) is 1. The average Bonchev–Trinajstić information content (AvgIpc) is 2.45. The zero-order valence-corrected chi connectivity index (χ0v) is 9.44. The number of aliphatic hydroxyl groups excluding tert-OH is 1. The van der Waals surface area contributed by atoms with Crippen LogP contribution < -0.4 is 10.6 Å². The van der Waals surface area contributed by atoms with Gasteiger partial charge in [0.05, 0.1) is 41.1 Å². The zero-order chi connectivity index (χ0) is 11.0. The number of nitrogens with two attached hydrogens (primary N) is 1. The van der Waals surface area contributed by atoms with Crippen LogP contribution in [0.4, 0.5) is 11.4 Å². The second kappa shape index (κ2) is 3.79. The molecule has 0 saturated carbocycles. The lowest BCUT2D eigenvalue weighted by molar-refractivity contribution is -0.117. The summed E-state index contributed by atoms with van der Waals surface area (Å²) < 4.78 is 0.657. The fraction of sp³-hybridized carbons (Fsp3) is 0.333. The van der Waals surface area contributed by atoms with Crippen LogP contribution in [0, 0.1) is 0 Å². The lowest BCUT2D eigenvalue weighted by atomic mass is 10.3. The van der Waals surface area contributed by atoms with Crippen LogP contribution in [-0.2, 0) is 4.79 Å². The molecule has 1 aliphatic rings. The number of rotatable bonds is 1. The summed E-state index contributed by atoms with van der Waals surface area (Å²) in [6, 6.07) is 0. The lowest BCUT2D eigenvalue weighted by Gasteiger charge is -2.19. The fourth-order valence-electron chi connectivity index (χ4n) is 1.63. The summed E-state index contributed by atoms with van der Waals surface area (Å²) in [5.41, 5.74) is 6.75. The van der Waals surface area contributed by atoms with Crippen LogP contribution in [0.25, 0.3) is 0 Å². The first-order valence-corrected chi connectivity index (χ1v) is 5.26. The van der Waals surface area contributed by atoms with Gasteiger partial charge in [-0.2, -0.15) is 0 Å². The molecule has 0 radical (unpaired) electrons. The standard InChI is InChI=1S/C9H10BrN3O2/c10-6-2-12-3-7(11)9(6)13-4-5(14)1-8(13)15/h2-3,5,14H,1,4,11H2. The molecule has 0 aliphatic carbocycles. The third-order valence-corrected chi connectivity index (χ3v) is 2.86. The smallest absolute Gasteiger partial charge is 0.229 e. The van der Waals surface area contributed by atoms with Crippen LogP contribution in [0.3, 0.4) is 0 Å². The predicted molar refractivity (Wildman–Crippen MR) is 59.3 cm³/mol. The van der Waals surface area contributed by atoms with Gasteiger partial charge >= 0.3 is 0 Å². The zero-order valence-electron chi connectivity index (χ0n) is 7.85. The average molecular weight is 272 g/mol. The molecule has 15 heavy (non-hydrogen) atoms. The molecule has 1 fully saturated rings. The van der Waals surface area contributed by atoms with Gasteiger partial charge in [-0.05, 0) is 15.9 Å². The highest BCUT2D eigenvalue weighted by Crippen LogP contribution is 2.33. The molecule has 0 spiro atoms. The van der Waals surface area contributed by atoms with E-state index in [0.717, 1.165) is 0 Å². The number of nitrogen functional groups attached to an aromatic ring is 1. The van der Waals surface area contributed by atoms with Crippen molar-refractivity contribution in [2.24, 2.45) is 0 Å². The number of nitrogens with zero attached hydrogens (tertiary/aromatic N) is 2. The molecule has 6 heteroatoms. The first-order valence-electron chi connectivity index (χ1n) is 4.47. The minimum Gasteiger partial charge on any atom is -0.396 e. The summed E-state index contributed by atoms with van der Waals surface area (Å²) in [7, 11) is 0. The van der Waals surface area contributed by atoms with Crippen molar-refractivity contribution in [2.45, 2.75) is 12.5 Å². The molecule has 0 bridgehead atoms. The van der Waals surface area contributed by atoms with Crippen molar-refractivity contribution in [1.29, 1.82) is 0 Å². The van der Waals surface area contributed by atoms with Crippen molar-refractivity contribution in [3.63, 3.8) is 0 Å². The van der Waals surface area contributed by atoms with Gasteiger partial charge in [-0.15, -0.1) is 0 Å². The molecular weight excluding hydrogens is 262 g/mol. The predicted octanol–water partition coefficient (Wildman–Crippen LogP) is 0.524. The molecule has 1 aliphatic heterocycles. The monoisotopic (exact) mass is 271 g/mol. The molecule has 1 aromatic rings. The summed E-state index contributed by atoms with van der Waals surface area (Å²) in [4.78, 5) is 16.9. The van der Waals surface area contributed by atoms with Crippen LogP contribution in [-0.4, -0.2) is 28.6 Å². The Hall–Kier alpha value is -1.14. The van der Waals surface area contributed by atoms with Gasteiger partial charge in [0.25, 0.3) is 0 Å². The Morgan fingerprint density at radius 3 is 2.87 bits per heavy atom. The van der Waals surface area contributed by atoms with Crippen LogP contribution in [0.1, 0.15) is 6.42 Å². The minimum atomic E-state index is -0.614. The molecule has 2 rings (SSSR count). The molecular formula is C9H10BrN3O2. The second-order valence-electron chi connectivity index (χ2n) is 3.42. The van der Waals surface area contributed by atoms with Gasteiger partial charge in [0, 0.05) is 6.20 Å². The van der Waals surface area contributed by atoms with Crippen molar-refractivity contribution in [3.8, 4) is 0 Å². The summed E-state index contributed by atoms with van der Waals surface area (Å²) in [5, 5.41) is 9.38. The molecule has 1 aromatic heterocycles. The first kappa shape index (κ1) is 10.4. The molecule has 80 valence electrons. The summed E-state index contributed by atoms with van der Waals surface area (Å²) >= 11 is 3.29. The number of anilines is 2. The topological polar surface area (TPSA) is 79.4 Å². The molecule has 2 heterocycles. The largest absolute Gasteiger partial charge is 0.396 e. The molecule has 3 N–H and O–H groups in total. The van der Waals surface area contributed by atoms with Crippen LogP contribution >= 0.6 is 15.9 Å². The molecule has 1 amide bonds. The molecule has 1 atom stereocenters. The van der Waals surface area contributed by atoms with E-state index in [9.17, 15) is 9.90 Å². The molecule has 1 saturated heterocycles. The summed E-state index contributed by atoms with van der Waals surface area (Å²) in [5.74, 6) is -0.124. The Kier molecular flexibility index (Phi) is 2.62. The van der Waals surface area contributed by atoms with E-state index in [1.807, 2.05) is 0 Å². The van der Waals surface area contributed by atoms with E-state index in [4.69, 9.17) is 5.73 Å². The van der Waals surface area contributed by atoms with E-state index in [0.29, 0.717) is 15.8 Å². The Labute approximate surface area is 95.0 Å². The van der Waals surface area contributed by atoms with Gasteiger partial charge in [-0.3, -0.25) is 9.78 Å². The summed E-state index contributed by atoms with van der Waals surface area (Å²) in [6.45, 7) is 0.283. The van der Waals surface area contributed by atoms with E-state index in [-0.39, 0.29) is 18.9 Å². The van der Waals surface area contributed by atoms with Gasteiger partial charge in [-0.1, -0.05) is 0 Å². The maximum absolute atomic E-state index is 11.6. The van der Waals surface area contributed by atoms with E-state index in [1.165, 1.54) is 11.1 Å². The normalized spacial score (nSPS) is 21.1. The van der Waals surface area contributed by atoms with Crippen LogP contribution in [0.15, 0.2) is 16.9 Å². The second-order valence-corrected chi connectivity index (χ2v) is 4.28. The van der Waals surface area contributed by atoms with Gasteiger partial charge in [0.15, 0.2) is 0 Å². The Balaban J connectivity index is 2.41. The first-order chi connectivity index (χ1) is 7.09. The number of hydrogen-bond acceptors (Lipinski definition) is 4. The number of pyridine rings is 1. The van der Waals surface area contributed by atoms with Gasteiger partial charge < -0.3 is 15.7 Å². The molecule has 0 aromatic carbocycles. The third kappa shape index (κ3) is 1.82. The van der Waals surface area contributed by atoms with Crippen LogP contribution in [0.5, 0.6) is 0 Å². The number of carbonyl (C=O) groups excluding carboxylic acids is 1. The van der Waals surface area contributed by atoms with Crippen molar-refractivity contribution in [3.05, 3.63) is 16.9 Å². The van der Waals surface area contributed by atoms with Crippen molar-refractivity contribution in [1.82, 2.24) is 4.98 Å². The maximum Gasteiger partial charge on any atom is 0.229 e. The quantitative estimate of drug-likeness (QED) is 0.781. The van der Waals surface area contributed by atoms with Crippen molar-refractivity contribution >= 4 is 33.2 Å². The van der Waals surface area contributed by atoms with Gasteiger partial charge in [0.1, 0.15) is 0 Å². The van der Waals surface area contributed by atoms with E-state index >= 15 is 0 Å². The van der Waals surface area contributed by atoms with E-state index in [1.54, 1.807) is 6.20 Å². The third-order valence-electron chi connectivity index (χ3n) is 2.28. The van der Waals surface area contributed by atoms with Crippen LogP contribution in [0.2, 0.25) is 0 Å². The summed E-state index contributed by atoms with van der Waals surface area (Å²) in [6.07, 6.45) is 2.59. The number of carbonyl (C=O) groups is 1. The highest BCUT2D eigenvalue weighted by atomic mass is 79.9.